The molecule has 0 atom stereocenters. The zero-order chi connectivity index (χ0) is 10.7. The average molecular weight is 197 g/mol. The molecule has 0 saturated heterocycles. The van der Waals surface area contributed by atoms with E-state index in [4.69, 9.17) is 6.57 Å². The Morgan fingerprint density at radius 1 is 1.33 bits per heavy atom. The van der Waals surface area contributed by atoms with Gasteiger partial charge in [0.25, 0.3) is 0 Å². The van der Waals surface area contributed by atoms with Crippen molar-refractivity contribution in [1.29, 1.82) is 0 Å². The fraction of sp³-hybridized carbons (Fsp3) is 0.231. The van der Waals surface area contributed by atoms with Gasteiger partial charge in [0.15, 0.2) is 11.5 Å². The Morgan fingerprint density at radius 3 is 2.53 bits per heavy atom. The Balaban J connectivity index is 2.04. The molecule has 0 radical (unpaired) electrons. The lowest BCUT2D eigenvalue weighted by atomic mass is 10.1. The van der Waals surface area contributed by atoms with Crippen LogP contribution in [0.2, 0.25) is 0 Å². The zero-order valence-electron chi connectivity index (χ0n) is 8.31. The van der Waals surface area contributed by atoms with Crippen molar-refractivity contribution in [2.75, 3.05) is 0 Å². The molecular weight excluding hydrogens is 186 g/mol. The molecule has 1 aromatic rings. The van der Waals surface area contributed by atoms with Gasteiger partial charge in [-0.3, -0.25) is 4.79 Å². The number of ketones is 1. The van der Waals surface area contributed by atoms with Crippen LogP contribution in [0.3, 0.4) is 0 Å². The molecule has 0 bridgehead atoms. The van der Waals surface area contributed by atoms with Crippen LogP contribution in [0.1, 0.15) is 18.4 Å². The van der Waals surface area contributed by atoms with Crippen LogP contribution >= 0.6 is 0 Å². The number of carbonyl (C=O) groups is 1. The molecule has 0 N–H and O–H groups in total. The molecule has 2 nitrogen and oxygen atoms in total. The standard InChI is InChI=1S/C13H11NO/c1-14-12-7-2-10(3-8-12)4-9-13(15)11-5-6-11/h2-4,7-9,11H,5-6H2/b9-4+. The van der Waals surface area contributed by atoms with Gasteiger partial charge in [-0.25, -0.2) is 4.85 Å². The third-order valence-electron chi connectivity index (χ3n) is 2.44. The van der Waals surface area contributed by atoms with Gasteiger partial charge in [0.2, 0.25) is 0 Å². The van der Waals surface area contributed by atoms with E-state index in [1.54, 1.807) is 18.2 Å². The van der Waals surface area contributed by atoms with E-state index in [9.17, 15) is 4.79 Å². The van der Waals surface area contributed by atoms with Crippen LogP contribution in [-0.2, 0) is 4.79 Å². The van der Waals surface area contributed by atoms with Crippen LogP contribution < -0.4 is 0 Å². The molecule has 1 saturated carbocycles. The second-order valence-corrected chi connectivity index (χ2v) is 3.71. The largest absolute Gasteiger partial charge is 0.295 e. The van der Waals surface area contributed by atoms with Gasteiger partial charge >= 0.3 is 0 Å². The van der Waals surface area contributed by atoms with E-state index in [0.717, 1.165) is 18.4 Å². The van der Waals surface area contributed by atoms with Crippen molar-refractivity contribution in [2.45, 2.75) is 12.8 Å². The number of benzene rings is 1. The van der Waals surface area contributed by atoms with Crippen molar-refractivity contribution in [1.82, 2.24) is 0 Å². The van der Waals surface area contributed by atoms with E-state index in [1.165, 1.54) is 0 Å². The number of hydrogen-bond donors (Lipinski definition) is 0. The van der Waals surface area contributed by atoms with E-state index in [-0.39, 0.29) is 11.7 Å². The normalized spacial score (nSPS) is 15.1. The summed E-state index contributed by atoms with van der Waals surface area (Å²) in [6.07, 6.45) is 5.54. The highest BCUT2D eigenvalue weighted by Crippen LogP contribution is 2.30. The Kier molecular flexibility index (Phi) is 2.64. The predicted molar refractivity (Wildman–Crippen MR) is 59.5 cm³/mol. The van der Waals surface area contributed by atoms with Crippen LogP contribution in [0.5, 0.6) is 0 Å². The quantitative estimate of drug-likeness (QED) is 0.538. The summed E-state index contributed by atoms with van der Waals surface area (Å²) >= 11 is 0. The van der Waals surface area contributed by atoms with Gasteiger partial charge in [-0.1, -0.05) is 30.3 Å². The maximum absolute atomic E-state index is 11.4. The minimum atomic E-state index is 0.226. The Labute approximate surface area is 89.1 Å². The van der Waals surface area contributed by atoms with Gasteiger partial charge < -0.3 is 0 Å². The van der Waals surface area contributed by atoms with Gasteiger partial charge in [0.05, 0.1) is 6.57 Å². The molecule has 0 heterocycles. The fourth-order valence-corrected chi connectivity index (χ4v) is 1.34. The van der Waals surface area contributed by atoms with Crippen molar-refractivity contribution in [3.8, 4) is 0 Å². The topological polar surface area (TPSA) is 21.4 Å². The lowest BCUT2D eigenvalue weighted by Gasteiger charge is -1.93. The molecule has 1 fully saturated rings. The van der Waals surface area contributed by atoms with E-state index >= 15 is 0 Å². The summed E-state index contributed by atoms with van der Waals surface area (Å²) < 4.78 is 0. The summed E-state index contributed by atoms with van der Waals surface area (Å²) in [5.41, 5.74) is 1.59. The van der Waals surface area contributed by atoms with E-state index in [1.807, 2.05) is 18.2 Å². The average Bonchev–Trinajstić information content (AvgIpc) is 3.10. The van der Waals surface area contributed by atoms with E-state index in [0.29, 0.717) is 5.69 Å². The SMILES string of the molecule is [C-]#[N+]c1ccc(/C=C/C(=O)C2CC2)cc1. The molecule has 1 aromatic carbocycles. The molecule has 2 heteroatoms. The first-order chi connectivity index (χ1) is 7.29. The lowest BCUT2D eigenvalue weighted by molar-refractivity contribution is -0.115. The molecule has 1 aliphatic rings. The van der Waals surface area contributed by atoms with Crippen molar-refractivity contribution in [2.24, 2.45) is 5.92 Å². The molecule has 1 aliphatic carbocycles. The maximum atomic E-state index is 11.4. The number of carbonyl (C=O) groups excluding carboxylic acids is 1. The Bertz CT molecular complexity index is 433. The molecule has 74 valence electrons. The number of nitrogens with zero attached hydrogens (tertiary/aromatic N) is 1. The summed E-state index contributed by atoms with van der Waals surface area (Å²) in [6, 6.07) is 7.22. The molecule has 2 rings (SSSR count). The monoisotopic (exact) mass is 197 g/mol. The molecule has 0 unspecified atom stereocenters. The first kappa shape index (κ1) is 9.67. The molecule has 15 heavy (non-hydrogen) atoms. The summed E-state index contributed by atoms with van der Waals surface area (Å²) in [5.74, 6) is 0.507. The third-order valence-corrected chi connectivity index (χ3v) is 2.44. The van der Waals surface area contributed by atoms with Crippen LogP contribution in [0.15, 0.2) is 30.3 Å². The second kappa shape index (κ2) is 4.10. The molecule has 0 amide bonds. The third kappa shape index (κ3) is 2.54. The van der Waals surface area contributed by atoms with Crippen LogP contribution in [-0.4, -0.2) is 5.78 Å². The van der Waals surface area contributed by atoms with Crippen molar-refractivity contribution >= 4 is 17.5 Å². The Morgan fingerprint density at radius 2 is 2.00 bits per heavy atom. The minimum absolute atomic E-state index is 0.226. The summed E-state index contributed by atoms with van der Waals surface area (Å²) in [7, 11) is 0. The van der Waals surface area contributed by atoms with Crippen molar-refractivity contribution in [3.63, 3.8) is 0 Å². The molecule has 0 aromatic heterocycles. The smallest absolute Gasteiger partial charge is 0.187 e. The summed E-state index contributed by atoms with van der Waals surface area (Å²) in [6.45, 7) is 6.80. The van der Waals surface area contributed by atoms with Crippen LogP contribution in [0.25, 0.3) is 10.9 Å². The van der Waals surface area contributed by atoms with E-state index < -0.39 is 0 Å². The second-order valence-electron chi connectivity index (χ2n) is 3.71. The molecular formula is C13H11NO. The van der Waals surface area contributed by atoms with Crippen LogP contribution in [0, 0.1) is 12.5 Å². The van der Waals surface area contributed by atoms with Crippen molar-refractivity contribution in [3.05, 3.63) is 47.3 Å². The number of allylic oxidation sites excluding steroid dienone is 1. The van der Waals surface area contributed by atoms with Gasteiger partial charge in [0, 0.05) is 5.92 Å². The van der Waals surface area contributed by atoms with Gasteiger partial charge in [-0.15, -0.1) is 0 Å². The highest BCUT2D eigenvalue weighted by molar-refractivity contribution is 5.96. The minimum Gasteiger partial charge on any atom is -0.295 e. The fourth-order valence-electron chi connectivity index (χ4n) is 1.34. The Hall–Kier alpha value is -1.88. The zero-order valence-corrected chi connectivity index (χ0v) is 8.31. The van der Waals surface area contributed by atoms with Crippen LogP contribution in [0.4, 0.5) is 5.69 Å². The molecule has 0 spiro atoms. The summed E-state index contributed by atoms with van der Waals surface area (Å²) in [5, 5.41) is 0. The first-order valence-corrected chi connectivity index (χ1v) is 4.99. The number of rotatable bonds is 3. The van der Waals surface area contributed by atoms with Gasteiger partial charge in [-0.2, -0.15) is 0 Å². The molecule has 0 aliphatic heterocycles. The first-order valence-electron chi connectivity index (χ1n) is 4.99. The van der Waals surface area contributed by atoms with Gasteiger partial charge in [-0.05, 0) is 24.5 Å². The lowest BCUT2D eigenvalue weighted by Crippen LogP contribution is -1.93. The van der Waals surface area contributed by atoms with Crippen molar-refractivity contribution < 1.29 is 4.79 Å². The van der Waals surface area contributed by atoms with Gasteiger partial charge in [0.1, 0.15) is 0 Å². The summed E-state index contributed by atoms with van der Waals surface area (Å²) in [4.78, 5) is 14.7. The van der Waals surface area contributed by atoms with E-state index in [2.05, 4.69) is 4.85 Å². The maximum Gasteiger partial charge on any atom is 0.187 e. The highest BCUT2D eigenvalue weighted by Gasteiger charge is 2.27. The number of hydrogen-bond acceptors (Lipinski definition) is 1. The highest BCUT2D eigenvalue weighted by atomic mass is 16.1. The predicted octanol–water partition coefficient (Wildman–Crippen LogP) is 3.23.